The first-order chi connectivity index (χ1) is 7.58. The highest BCUT2D eigenvalue weighted by Gasteiger charge is 2.29. The molecule has 1 fully saturated rings. The predicted molar refractivity (Wildman–Crippen MR) is 62.0 cm³/mol. The number of aryl methyl sites for hydroxylation is 1. The molecule has 0 saturated heterocycles. The molecule has 0 aliphatic heterocycles. The molecule has 4 N–H and O–H groups in total. The Kier molecular flexibility index (Phi) is 2.96. The highest BCUT2D eigenvalue weighted by Crippen LogP contribution is 2.32. The van der Waals surface area contributed by atoms with Crippen molar-refractivity contribution in [2.75, 3.05) is 5.32 Å². The molecule has 5 nitrogen and oxygen atoms in total. The van der Waals surface area contributed by atoms with E-state index in [4.69, 9.17) is 5.73 Å². The summed E-state index contributed by atoms with van der Waals surface area (Å²) in [7, 11) is 0. The lowest BCUT2D eigenvalue weighted by molar-refractivity contribution is -0.116. The van der Waals surface area contributed by atoms with Gasteiger partial charge in [0.15, 0.2) is 5.82 Å². The maximum atomic E-state index is 11.7. The standard InChI is InChI=1S/C11H18N4O/c1-6-7(2)14-15-11(6)13-10(16)5-9(12)8-3-4-8/h8-9H,3-5,12H2,1-2H3,(H2,13,14,15,16). The topological polar surface area (TPSA) is 83.8 Å². The molecule has 16 heavy (non-hydrogen) atoms. The SMILES string of the molecule is Cc1[nH]nc(NC(=O)CC(N)C2CC2)c1C. The van der Waals surface area contributed by atoms with Crippen molar-refractivity contribution in [2.45, 2.75) is 39.2 Å². The maximum absolute atomic E-state index is 11.7. The second-order valence-electron chi connectivity index (χ2n) is 4.58. The van der Waals surface area contributed by atoms with Crippen LogP contribution in [0.5, 0.6) is 0 Å². The first-order valence-corrected chi connectivity index (χ1v) is 5.65. The molecule has 0 radical (unpaired) electrons. The Bertz CT molecular complexity index is 395. The monoisotopic (exact) mass is 222 g/mol. The van der Waals surface area contributed by atoms with Gasteiger partial charge in [0.05, 0.1) is 0 Å². The highest BCUT2D eigenvalue weighted by atomic mass is 16.1. The Labute approximate surface area is 94.8 Å². The van der Waals surface area contributed by atoms with E-state index in [1.165, 1.54) is 0 Å². The molecule has 1 aromatic heterocycles. The van der Waals surface area contributed by atoms with Gasteiger partial charge >= 0.3 is 0 Å². The number of aromatic nitrogens is 2. The van der Waals surface area contributed by atoms with Crippen LogP contribution in [-0.4, -0.2) is 22.1 Å². The van der Waals surface area contributed by atoms with Gasteiger partial charge in [-0.1, -0.05) is 0 Å². The summed E-state index contributed by atoms with van der Waals surface area (Å²) in [6, 6.07) is 0.000319. The Balaban J connectivity index is 1.89. The number of H-pyrrole nitrogens is 1. The number of nitrogens with two attached hydrogens (primary N) is 1. The van der Waals surface area contributed by atoms with Gasteiger partial charge in [0.2, 0.25) is 5.91 Å². The molecule has 1 unspecified atom stereocenters. The van der Waals surface area contributed by atoms with Crippen LogP contribution < -0.4 is 11.1 Å². The molecule has 1 aliphatic carbocycles. The molecule has 1 aliphatic rings. The molecule has 1 amide bonds. The van der Waals surface area contributed by atoms with Gasteiger partial charge < -0.3 is 11.1 Å². The van der Waals surface area contributed by atoms with Crippen molar-refractivity contribution in [3.63, 3.8) is 0 Å². The van der Waals surface area contributed by atoms with E-state index >= 15 is 0 Å². The van der Waals surface area contributed by atoms with Crippen molar-refractivity contribution >= 4 is 11.7 Å². The van der Waals surface area contributed by atoms with E-state index in [2.05, 4.69) is 15.5 Å². The second kappa shape index (κ2) is 4.25. The molecule has 88 valence electrons. The van der Waals surface area contributed by atoms with Crippen LogP contribution in [0.1, 0.15) is 30.5 Å². The zero-order chi connectivity index (χ0) is 11.7. The van der Waals surface area contributed by atoms with Crippen molar-refractivity contribution in [1.82, 2.24) is 10.2 Å². The van der Waals surface area contributed by atoms with Gasteiger partial charge in [-0.2, -0.15) is 5.10 Å². The fourth-order valence-corrected chi connectivity index (χ4v) is 1.69. The summed E-state index contributed by atoms with van der Waals surface area (Å²) >= 11 is 0. The van der Waals surface area contributed by atoms with Crippen molar-refractivity contribution < 1.29 is 4.79 Å². The zero-order valence-corrected chi connectivity index (χ0v) is 9.71. The normalized spacial score (nSPS) is 17.2. The molecule has 0 bridgehead atoms. The number of nitrogens with zero attached hydrogens (tertiary/aromatic N) is 1. The average molecular weight is 222 g/mol. The Morgan fingerprint density at radius 3 is 2.81 bits per heavy atom. The number of nitrogens with one attached hydrogen (secondary N) is 2. The largest absolute Gasteiger partial charge is 0.327 e. The number of amides is 1. The molecular weight excluding hydrogens is 204 g/mol. The first kappa shape index (κ1) is 11.1. The molecule has 1 aromatic rings. The summed E-state index contributed by atoms with van der Waals surface area (Å²) in [6.45, 7) is 3.85. The van der Waals surface area contributed by atoms with Crippen LogP contribution >= 0.6 is 0 Å². The minimum Gasteiger partial charge on any atom is -0.327 e. The summed E-state index contributed by atoms with van der Waals surface area (Å²) in [5.74, 6) is 1.12. The predicted octanol–water partition coefficient (Wildman–Crippen LogP) is 1.09. The van der Waals surface area contributed by atoms with E-state index in [-0.39, 0.29) is 11.9 Å². The van der Waals surface area contributed by atoms with E-state index in [0.29, 0.717) is 18.2 Å². The smallest absolute Gasteiger partial charge is 0.227 e. The lowest BCUT2D eigenvalue weighted by Gasteiger charge is -2.09. The highest BCUT2D eigenvalue weighted by molar-refractivity contribution is 5.90. The van der Waals surface area contributed by atoms with Crippen LogP contribution in [0.25, 0.3) is 0 Å². The molecule has 0 aromatic carbocycles. The number of anilines is 1. The molecule has 5 heteroatoms. The third-order valence-electron chi connectivity index (χ3n) is 3.16. The summed E-state index contributed by atoms with van der Waals surface area (Å²) < 4.78 is 0. The number of aromatic amines is 1. The number of carbonyl (C=O) groups excluding carboxylic acids is 1. The van der Waals surface area contributed by atoms with Crippen LogP contribution in [0.4, 0.5) is 5.82 Å². The number of carbonyl (C=O) groups is 1. The lowest BCUT2D eigenvalue weighted by atomic mass is 10.1. The average Bonchev–Trinajstić information content (AvgIpc) is 3.02. The van der Waals surface area contributed by atoms with Crippen molar-refractivity contribution in [2.24, 2.45) is 11.7 Å². The summed E-state index contributed by atoms with van der Waals surface area (Å²) in [6.07, 6.45) is 2.71. The molecule has 1 atom stereocenters. The quantitative estimate of drug-likeness (QED) is 0.713. The molecule has 1 heterocycles. The number of rotatable bonds is 4. The molecular formula is C11H18N4O. The van der Waals surface area contributed by atoms with Crippen LogP contribution in [0, 0.1) is 19.8 Å². The first-order valence-electron chi connectivity index (χ1n) is 5.65. The van der Waals surface area contributed by atoms with Gasteiger partial charge in [-0.3, -0.25) is 9.89 Å². The fraction of sp³-hybridized carbons (Fsp3) is 0.636. The summed E-state index contributed by atoms with van der Waals surface area (Å²) in [5.41, 5.74) is 7.84. The van der Waals surface area contributed by atoms with Gasteiger partial charge in [-0.25, -0.2) is 0 Å². The van der Waals surface area contributed by atoms with E-state index < -0.39 is 0 Å². The lowest BCUT2D eigenvalue weighted by Crippen LogP contribution is -2.29. The number of hydrogen-bond donors (Lipinski definition) is 3. The van der Waals surface area contributed by atoms with Gasteiger partial charge in [0, 0.05) is 23.7 Å². The van der Waals surface area contributed by atoms with Crippen LogP contribution in [-0.2, 0) is 4.79 Å². The Hall–Kier alpha value is -1.36. The Morgan fingerprint density at radius 2 is 2.31 bits per heavy atom. The maximum Gasteiger partial charge on any atom is 0.227 e. The van der Waals surface area contributed by atoms with Crippen LogP contribution in [0.2, 0.25) is 0 Å². The van der Waals surface area contributed by atoms with Crippen molar-refractivity contribution in [3.8, 4) is 0 Å². The number of hydrogen-bond acceptors (Lipinski definition) is 3. The van der Waals surface area contributed by atoms with E-state index in [1.54, 1.807) is 0 Å². The van der Waals surface area contributed by atoms with Crippen molar-refractivity contribution in [1.29, 1.82) is 0 Å². The third kappa shape index (κ3) is 2.41. The molecule has 2 rings (SSSR count). The van der Waals surface area contributed by atoms with Crippen LogP contribution in [0.15, 0.2) is 0 Å². The van der Waals surface area contributed by atoms with Crippen molar-refractivity contribution in [3.05, 3.63) is 11.3 Å². The summed E-state index contributed by atoms with van der Waals surface area (Å²) in [4.78, 5) is 11.7. The van der Waals surface area contributed by atoms with Gasteiger partial charge in [0.25, 0.3) is 0 Å². The van der Waals surface area contributed by atoms with E-state index in [1.807, 2.05) is 13.8 Å². The molecule has 0 spiro atoms. The second-order valence-corrected chi connectivity index (χ2v) is 4.58. The van der Waals surface area contributed by atoms with Gasteiger partial charge in [0.1, 0.15) is 0 Å². The van der Waals surface area contributed by atoms with E-state index in [0.717, 1.165) is 24.1 Å². The van der Waals surface area contributed by atoms with Gasteiger partial charge in [-0.05, 0) is 32.6 Å². The summed E-state index contributed by atoms with van der Waals surface area (Å²) in [5, 5.41) is 9.64. The van der Waals surface area contributed by atoms with Crippen LogP contribution in [0.3, 0.4) is 0 Å². The van der Waals surface area contributed by atoms with E-state index in [9.17, 15) is 4.79 Å². The zero-order valence-electron chi connectivity index (χ0n) is 9.71. The molecule has 1 saturated carbocycles. The Morgan fingerprint density at radius 1 is 1.62 bits per heavy atom. The minimum absolute atomic E-state index is 0.000319. The third-order valence-corrected chi connectivity index (χ3v) is 3.16. The van der Waals surface area contributed by atoms with Gasteiger partial charge in [-0.15, -0.1) is 0 Å². The minimum atomic E-state index is -0.0472. The fourth-order valence-electron chi connectivity index (χ4n) is 1.69.